The van der Waals surface area contributed by atoms with Crippen LogP contribution in [0.4, 0.5) is 5.69 Å². The van der Waals surface area contributed by atoms with Crippen molar-refractivity contribution in [2.75, 3.05) is 5.32 Å². The van der Waals surface area contributed by atoms with E-state index in [2.05, 4.69) is 31.4 Å². The van der Waals surface area contributed by atoms with Gasteiger partial charge in [0.15, 0.2) is 0 Å². The number of halogens is 2. The highest BCUT2D eigenvalue weighted by Gasteiger charge is 2.11. The van der Waals surface area contributed by atoms with Gasteiger partial charge < -0.3 is 5.32 Å². The number of nitrogens with one attached hydrogen (secondary N) is 2. The van der Waals surface area contributed by atoms with Gasteiger partial charge >= 0.3 is 0 Å². The van der Waals surface area contributed by atoms with E-state index >= 15 is 0 Å². The number of carbonyl (C=O) groups excluding carboxylic acids is 1. The van der Waals surface area contributed by atoms with E-state index in [9.17, 15) is 4.79 Å². The van der Waals surface area contributed by atoms with E-state index in [0.717, 1.165) is 20.9 Å². The molecule has 0 radical (unpaired) electrons. The number of anilines is 1. The third-order valence-electron chi connectivity index (χ3n) is 3.20. The smallest absolute Gasteiger partial charge is 0.255 e. The molecule has 2 N–H and O–H groups in total. The van der Waals surface area contributed by atoms with Gasteiger partial charge in [-0.25, -0.2) is 0 Å². The van der Waals surface area contributed by atoms with E-state index in [-0.39, 0.29) is 5.91 Å². The third-order valence-corrected chi connectivity index (χ3v) is 4.26. The van der Waals surface area contributed by atoms with Crippen LogP contribution < -0.4 is 5.32 Å². The molecule has 0 aliphatic carbocycles. The molecule has 1 aromatic heterocycles. The summed E-state index contributed by atoms with van der Waals surface area (Å²) in [5.41, 5.74) is 2.96. The minimum absolute atomic E-state index is 0.202. The van der Waals surface area contributed by atoms with Gasteiger partial charge in [0.25, 0.3) is 5.91 Å². The number of fused-ring (bicyclic) bond motifs is 1. The molecule has 0 saturated heterocycles. The Kier molecular flexibility index (Phi) is 3.69. The van der Waals surface area contributed by atoms with Crippen molar-refractivity contribution in [1.82, 2.24) is 10.2 Å². The number of amides is 1. The number of aryl methyl sites for hydroxylation is 1. The zero-order valence-corrected chi connectivity index (χ0v) is 13.4. The maximum absolute atomic E-state index is 12.3. The van der Waals surface area contributed by atoms with Crippen LogP contribution in [0, 0.1) is 6.92 Å². The zero-order chi connectivity index (χ0) is 15.0. The van der Waals surface area contributed by atoms with Gasteiger partial charge in [-0.2, -0.15) is 5.10 Å². The highest BCUT2D eigenvalue weighted by atomic mass is 79.9. The van der Waals surface area contributed by atoms with Crippen molar-refractivity contribution in [3.63, 3.8) is 0 Å². The highest BCUT2D eigenvalue weighted by molar-refractivity contribution is 9.10. The molecular formula is C15H11BrClN3O. The first-order valence-electron chi connectivity index (χ1n) is 6.25. The first-order valence-corrected chi connectivity index (χ1v) is 7.42. The number of aromatic amines is 1. The maximum Gasteiger partial charge on any atom is 0.255 e. The number of aromatic nitrogens is 2. The molecule has 1 heterocycles. The van der Waals surface area contributed by atoms with Crippen molar-refractivity contribution >= 4 is 50.0 Å². The Balaban J connectivity index is 1.90. The van der Waals surface area contributed by atoms with Gasteiger partial charge in [0.1, 0.15) is 0 Å². The molecule has 6 heteroatoms. The Bertz CT molecular complexity index is 844. The monoisotopic (exact) mass is 363 g/mol. The average Bonchev–Trinajstić information content (AvgIpc) is 2.92. The molecule has 0 unspecified atom stereocenters. The molecular weight excluding hydrogens is 354 g/mol. The molecule has 0 spiro atoms. The van der Waals surface area contributed by atoms with Crippen molar-refractivity contribution in [2.24, 2.45) is 0 Å². The summed E-state index contributed by atoms with van der Waals surface area (Å²) in [5, 5.41) is 11.2. The van der Waals surface area contributed by atoms with Gasteiger partial charge in [-0.15, -0.1) is 0 Å². The molecule has 1 amide bonds. The topological polar surface area (TPSA) is 57.8 Å². The van der Waals surface area contributed by atoms with Crippen LogP contribution in [0.5, 0.6) is 0 Å². The Morgan fingerprint density at radius 3 is 2.95 bits per heavy atom. The summed E-state index contributed by atoms with van der Waals surface area (Å²) >= 11 is 9.52. The lowest BCUT2D eigenvalue weighted by Gasteiger charge is -2.09. The Labute approximate surface area is 134 Å². The first-order chi connectivity index (χ1) is 10.0. The largest absolute Gasteiger partial charge is 0.321 e. The summed E-state index contributed by atoms with van der Waals surface area (Å²) in [6.07, 6.45) is 1.72. The number of rotatable bonds is 2. The molecule has 0 aliphatic heterocycles. The van der Waals surface area contributed by atoms with Crippen molar-refractivity contribution in [3.05, 3.63) is 57.2 Å². The van der Waals surface area contributed by atoms with Gasteiger partial charge in [0.2, 0.25) is 0 Å². The molecule has 106 valence electrons. The summed E-state index contributed by atoms with van der Waals surface area (Å²) in [6, 6.07) is 8.98. The second-order valence-electron chi connectivity index (χ2n) is 4.71. The molecule has 21 heavy (non-hydrogen) atoms. The Morgan fingerprint density at radius 1 is 1.33 bits per heavy atom. The first kappa shape index (κ1) is 14.1. The third kappa shape index (κ3) is 2.80. The minimum atomic E-state index is -0.202. The number of nitrogens with zero attached hydrogens (tertiary/aromatic N) is 1. The van der Waals surface area contributed by atoms with Gasteiger partial charge in [0.05, 0.1) is 17.4 Å². The summed E-state index contributed by atoms with van der Waals surface area (Å²) < 4.78 is 0.792. The summed E-state index contributed by atoms with van der Waals surface area (Å²) in [4.78, 5) is 12.3. The SMILES string of the molecule is Cc1cc(Br)c(NC(=O)c2ccc3cn[nH]c3c2)cc1Cl. The molecule has 3 rings (SSSR count). The Hall–Kier alpha value is -1.85. The number of benzene rings is 2. The maximum atomic E-state index is 12.3. The summed E-state index contributed by atoms with van der Waals surface area (Å²) in [7, 11) is 0. The van der Waals surface area contributed by atoms with E-state index in [1.807, 2.05) is 19.1 Å². The number of hydrogen-bond donors (Lipinski definition) is 2. The molecule has 0 fully saturated rings. The molecule has 0 aliphatic rings. The standard InChI is InChI=1S/C15H11BrClN3O/c1-8-4-11(16)14(6-12(8)17)19-15(21)9-2-3-10-7-18-20-13(10)5-9/h2-7H,1H3,(H,18,20)(H,19,21). The normalized spacial score (nSPS) is 10.8. The van der Waals surface area contributed by atoms with Crippen LogP contribution in [0.15, 0.2) is 41.0 Å². The fourth-order valence-electron chi connectivity index (χ4n) is 2.01. The van der Waals surface area contributed by atoms with Crippen LogP contribution in [-0.2, 0) is 0 Å². The van der Waals surface area contributed by atoms with Crippen LogP contribution in [0.3, 0.4) is 0 Å². The van der Waals surface area contributed by atoms with E-state index < -0.39 is 0 Å². The number of carbonyl (C=O) groups is 1. The second kappa shape index (κ2) is 5.50. The van der Waals surface area contributed by atoms with Crippen LogP contribution in [-0.4, -0.2) is 16.1 Å². The molecule has 0 saturated carbocycles. The minimum Gasteiger partial charge on any atom is -0.321 e. The van der Waals surface area contributed by atoms with Crippen LogP contribution >= 0.6 is 27.5 Å². The lowest BCUT2D eigenvalue weighted by Crippen LogP contribution is -2.12. The summed E-state index contributed by atoms with van der Waals surface area (Å²) in [5.74, 6) is -0.202. The number of hydrogen-bond acceptors (Lipinski definition) is 2. The van der Waals surface area contributed by atoms with Crippen LogP contribution in [0.2, 0.25) is 5.02 Å². The van der Waals surface area contributed by atoms with E-state index in [4.69, 9.17) is 11.6 Å². The zero-order valence-electron chi connectivity index (χ0n) is 11.1. The lowest BCUT2D eigenvalue weighted by molar-refractivity contribution is 0.102. The molecule has 0 bridgehead atoms. The van der Waals surface area contributed by atoms with Crippen LogP contribution in [0.1, 0.15) is 15.9 Å². The predicted octanol–water partition coefficient (Wildman–Crippen LogP) is 4.54. The molecule has 2 aromatic carbocycles. The Morgan fingerprint density at radius 2 is 2.14 bits per heavy atom. The number of H-pyrrole nitrogens is 1. The van der Waals surface area contributed by atoms with Crippen LogP contribution in [0.25, 0.3) is 10.9 Å². The quantitative estimate of drug-likeness (QED) is 0.701. The van der Waals surface area contributed by atoms with E-state index in [1.165, 1.54) is 0 Å². The molecule has 3 aromatic rings. The lowest BCUT2D eigenvalue weighted by atomic mass is 10.1. The van der Waals surface area contributed by atoms with Gasteiger partial charge in [-0.05, 0) is 52.7 Å². The molecule has 4 nitrogen and oxygen atoms in total. The van der Waals surface area contributed by atoms with Crippen molar-refractivity contribution in [2.45, 2.75) is 6.92 Å². The highest BCUT2D eigenvalue weighted by Crippen LogP contribution is 2.29. The van der Waals surface area contributed by atoms with Crippen molar-refractivity contribution in [1.29, 1.82) is 0 Å². The average molecular weight is 365 g/mol. The van der Waals surface area contributed by atoms with E-state index in [1.54, 1.807) is 24.4 Å². The molecule has 0 atom stereocenters. The van der Waals surface area contributed by atoms with Gasteiger partial charge in [-0.3, -0.25) is 9.89 Å². The van der Waals surface area contributed by atoms with Crippen molar-refractivity contribution < 1.29 is 4.79 Å². The van der Waals surface area contributed by atoms with Crippen molar-refractivity contribution in [3.8, 4) is 0 Å². The fraction of sp³-hybridized carbons (Fsp3) is 0.0667. The van der Waals surface area contributed by atoms with E-state index in [0.29, 0.717) is 16.3 Å². The predicted molar refractivity (Wildman–Crippen MR) is 87.9 cm³/mol. The summed E-state index contributed by atoms with van der Waals surface area (Å²) in [6.45, 7) is 1.91. The fourth-order valence-corrected chi connectivity index (χ4v) is 2.74. The second-order valence-corrected chi connectivity index (χ2v) is 5.97. The van der Waals surface area contributed by atoms with Gasteiger partial charge in [-0.1, -0.05) is 17.7 Å². The van der Waals surface area contributed by atoms with Gasteiger partial charge in [0, 0.05) is 20.4 Å².